The van der Waals surface area contributed by atoms with Crippen LogP contribution in [0, 0.1) is 6.92 Å². The Morgan fingerprint density at radius 2 is 1.67 bits per heavy atom. The van der Waals surface area contributed by atoms with Crippen LogP contribution in [0.25, 0.3) is 0 Å². The number of rotatable bonds is 5. The standard InChI is InChI=1S/C16H16N4S/c1-12-7-9-13(10-8-12)17-11-15-19-20-16(21-15)18-14-5-3-2-4-6-14/h2-10,17H,11H2,1H3,(H,18,20). The highest BCUT2D eigenvalue weighted by molar-refractivity contribution is 7.15. The lowest BCUT2D eigenvalue weighted by atomic mass is 10.2. The predicted octanol–water partition coefficient (Wildman–Crippen LogP) is 4.20. The van der Waals surface area contributed by atoms with Gasteiger partial charge in [0.05, 0.1) is 6.54 Å². The number of para-hydroxylation sites is 1. The summed E-state index contributed by atoms with van der Waals surface area (Å²) >= 11 is 1.55. The Bertz CT molecular complexity index is 692. The van der Waals surface area contributed by atoms with E-state index in [1.165, 1.54) is 5.56 Å². The summed E-state index contributed by atoms with van der Waals surface area (Å²) in [5.41, 5.74) is 3.37. The van der Waals surface area contributed by atoms with Crippen molar-refractivity contribution in [3.8, 4) is 0 Å². The molecule has 0 bridgehead atoms. The average molecular weight is 296 g/mol. The van der Waals surface area contributed by atoms with Gasteiger partial charge in [0.15, 0.2) is 0 Å². The van der Waals surface area contributed by atoms with Gasteiger partial charge in [0.1, 0.15) is 5.01 Å². The van der Waals surface area contributed by atoms with E-state index in [1.54, 1.807) is 11.3 Å². The molecular formula is C16H16N4S. The second-order valence-corrected chi connectivity index (χ2v) is 5.77. The molecule has 1 heterocycles. The first-order chi connectivity index (χ1) is 10.3. The van der Waals surface area contributed by atoms with Crippen LogP contribution < -0.4 is 10.6 Å². The van der Waals surface area contributed by atoms with Crippen LogP contribution in [0.3, 0.4) is 0 Å². The van der Waals surface area contributed by atoms with Gasteiger partial charge < -0.3 is 10.6 Å². The van der Waals surface area contributed by atoms with E-state index in [1.807, 2.05) is 30.3 Å². The van der Waals surface area contributed by atoms with Gasteiger partial charge in [-0.3, -0.25) is 0 Å². The lowest BCUT2D eigenvalue weighted by molar-refractivity contribution is 0.992. The first kappa shape index (κ1) is 13.6. The molecular weight excluding hydrogens is 280 g/mol. The zero-order valence-corrected chi connectivity index (χ0v) is 12.5. The maximum atomic E-state index is 4.19. The Balaban J connectivity index is 1.59. The third-order valence-electron chi connectivity index (χ3n) is 2.99. The Kier molecular flexibility index (Phi) is 4.12. The van der Waals surface area contributed by atoms with E-state index in [2.05, 4.69) is 52.0 Å². The second kappa shape index (κ2) is 6.37. The van der Waals surface area contributed by atoms with Gasteiger partial charge in [-0.1, -0.05) is 47.2 Å². The number of benzene rings is 2. The van der Waals surface area contributed by atoms with Crippen molar-refractivity contribution in [2.75, 3.05) is 10.6 Å². The summed E-state index contributed by atoms with van der Waals surface area (Å²) < 4.78 is 0. The highest BCUT2D eigenvalue weighted by Crippen LogP contribution is 2.21. The summed E-state index contributed by atoms with van der Waals surface area (Å²) in [6.45, 7) is 2.76. The number of hydrogen-bond donors (Lipinski definition) is 2. The molecule has 0 aliphatic heterocycles. The van der Waals surface area contributed by atoms with Gasteiger partial charge in [-0.25, -0.2) is 0 Å². The van der Waals surface area contributed by atoms with Crippen LogP contribution in [-0.2, 0) is 6.54 Å². The molecule has 0 amide bonds. The highest BCUT2D eigenvalue weighted by atomic mass is 32.1. The monoisotopic (exact) mass is 296 g/mol. The molecule has 0 atom stereocenters. The molecule has 3 aromatic rings. The van der Waals surface area contributed by atoms with Gasteiger partial charge in [0, 0.05) is 11.4 Å². The number of anilines is 3. The minimum absolute atomic E-state index is 0.678. The van der Waals surface area contributed by atoms with Crippen LogP contribution >= 0.6 is 11.3 Å². The third-order valence-corrected chi connectivity index (χ3v) is 3.83. The van der Waals surface area contributed by atoms with Crippen LogP contribution in [0.15, 0.2) is 54.6 Å². The fourth-order valence-electron chi connectivity index (χ4n) is 1.87. The van der Waals surface area contributed by atoms with Gasteiger partial charge in [-0.05, 0) is 31.2 Å². The molecule has 0 fully saturated rings. The van der Waals surface area contributed by atoms with Crippen molar-refractivity contribution in [3.63, 3.8) is 0 Å². The number of nitrogens with one attached hydrogen (secondary N) is 2. The lowest BCUT2D eigenvalue weighted by Crippen LogP contribution is -1.98. The maximum Gasteiger partial charge on any atom is 0.210 e. The molecule has 106 valence electrons. The molecule has 2 aromatic carbocycles. The van der Waals surface area contributed by atoms with Crippen molar-refractivity contribution in [1.82, 2.24) is 10.2 Å². The van der Waals surface area contributed by atoms with E-state index in [0.717, 1.165) is 21.5 Å². The quantitative estimate of drug-likeness (QED) is 0.741. The van der Waals surface area contributed by atoms with Crippen LogP contribution in [0.4, 0.5) is 16.5 Å². The van der Waals surface area contributed by atoms with Crippen LogP contribution in [0.1, 0.15) is 10.6 Å². The fourth-order valence-corrected chi connectivity index (χ4v) is 2.57. The SMILES string of the molecule is Cc1ccc(NCc2nnc(Nc3ccccc3)s2)cc1. The zero-order chi connectivity index (χ0) is 14.5. The van der Waals surface area contributed by atoms with E-state index < -0.39 is 0 Å². The zero-order valence-electron chi connectivity index (χ0n) is 11.7. The molecule has 1 aromatic heterocycles. The Hall–Kier alpha value is -2.40. The van der Waals surface area contributed by atoms with E-state index in [-0.39, 0.29) is 0 Å². The van der Waals surface area contributed by atoms with Crippen LogP contribution in [-0.4, -0.2) is 10.2 Å². The third kappa shape index (κ3) is 3.79. The first-order valence-corrected chi connectivity index (χ1v) is 7.56. The van der Waals surface area contributed by atoms with Crippen LogP contribution in [0.5, 0.6) is 0 Å². The molecule has 5 heteroatoms. The molecule has 2 N–H and O–H groups in total. The van der Waals surface area contributed by atoms with Crippen LogP contribution in [0.2, 0.25) is 0 Å². The predicted molar refractivity (Wildman–Crippen MR) is 88.1 cm³/mol. The molecule has 0 aliphatic rings. The summed E-state index contributed by atoms with van der Waals surface area (Å²) in [5.74, 6) is 0. The van der Waals surface area contributed by atoms with Crippen molar-refractivity contribution < 1.29 is 0 Å². The van der Waals surface area contributed by atoms with E-state index in [4.69, 9.17) is 0 Å². The smallest absolute Gasteiger partial charge is 0.210 e. The van der Waals surface area contributed by atoms with Gasteiger partial charge in [0.2, 0.25) is 5.13 Å². The largest absolute Gasteiger partial charge is 0.378 e. The van der Waals surface area contributed by atoms with Crippen molar-refractivity contribution in [3.05, 3.63) is 65.2 Å². The molecule has 0 aliphatic carbocycles. The van der Waals surface area contributed by atoms with E-state index >= 15 is 0 Å². The van der Waals surface area contributed by atoms with Crippen molar-refractivity contribution >= 4 is 27.8 Å². The minimum Gasteiger partial charge on any atom is -0.378 e. The Morgan fingerprint density at radius 1 is 0.905 bits per heavy atom. The molecule has 0 radical (unpaired) electrons. The summed E-state index contributed by atoms with van der Waals surface area (Å²) in [5, 5.41) is 16.7. The molecule has 21 heavy (non-hydrogen) atoms. The first-order valence-electron chi connectivity index (χ1n) is 6.74. The summed E-state index contributed by atoms with van der Waals surface area (Å²) in [6.07, 6.45) is 0. The topological polar surface area (TPSA) is 49.8 Å². The highest BCUT2D eigenvalue weighted by Gasteiger charge is 2.04. The molecule has 0 unspecified atom stereocenters. The summed E-state index contributed by atoms with van der Waals surface area (Å²) in [7, 11) is 0. The number of aryl methyl sites for hydroxylation is 1. The Morgan fingerprint density at radius 3 is 2.43 bits per heavy atom. The van der Waals surface area contributed by atoms with Crippen molar-refractivity contribution in [2.24, 2.45) is 0 Å². The summed E-state index contributed by atoms with van der Waals surface area (Å²) in [6, 6.07) is 18.3. The molecule has 3 rings (SSSR count). The number of hydrogen-bond acceptors (Lipinski definition) is 5. The fraction of sp³-hybridized carbons (Fsp3) is 0.125. The molecule has 4 nitrogen and oxygen atoms in total. The summed E-state index contributed by atoms with van der Waals surface area (Å²) in [4.78, 5) is 0. The molecule has 0 saturated carbocycles. The van der Waals surface area contributed by atoms with Gasteiger partial charge in [0.25, 0.3) is 0 Å². The minimum atomic E-state index is 0.678. The lowest BCUT2D eigenvalue weighted by Gasteiger charge is -2.03. The van der Waals surface area contributed by atoms with Gasteiger partial charge >= 0.3 is 0 Å². The number of nitrogens with zero attached hydrogens (tertiary/aromatic N) is 2. The van der Waals surface area contributed by atoms with Gasteiger partial charge in [-0.15, -0.1) is 10.2 Å². The molecule has 0 spiro atoms. The second-order valence-electron chi connectivity index (χ2n) is 4.71. The van der Waals surface area contributed by atoms with Crippen molar-refractivity contribution in [2.45, 2.75) is 13.5 Å². The van der Waals surface area contributed by atoms with Crippen molar-refractivity contribution in [1.29, 1.82) is 0 Å². The average Bonchev–Trinajstić information content (AvgIpc) is 2.95. The maximum absolute atomic E-state index is 4.19. The normalized spacial score (nSPS) is 10.3. The van der Waals surface area contributed by atoms with Gasteiger partial charge in [-0.2, -0.15) is 0 Å². The number of aromatic nitrogens is 2. The van der Waals surface area contributed by atoms with E-state index in [0.29, 0.717) is 6.54 Å². The van der Waals surface area contributed by atoms with E-state index in [9.17, 15) is 0 Å². The Labute approximate surface area is 127 Å². The molecule has 0 saturated heterocycles.